The zero-order chi connectivity index (χ0) is 13.2. The summed E-state index contributed by atoms with van der Waals surface area (Å²) in [6.45, 7) is 0.196. The summed E-state index contributed by atoms with van der Waals surface area (Å²) < 4.78 is 26.9. The first-order valence-electron chi connectivity index (χ1n) is 6.30. The lowest BCUT2D eigenvalue weighted by molar-refractivity contribution is 0.0724. The van der Waals surface area contributed by atoms with E-state index in [1.54, 1.807) is 0 Å². The molecule has 18 heavy (non-hydrogen) atoms. The van der Waals surface area contributed by atoms with Crippen molar-refractivity contribution < 1.29 is 13.6 Å². The highest BCUT2D eigenvalue weighted by atomic mass is 19.2. The van der Waals surface area contributed by atoms with Crippen LogP contribution in [0.4, 0.5) is 8.78 Å². The van der Waals surface area contributed by atoms with E-state index in [-0.39, 0.29) is 17.9 Å². The average molecular weight is 253 g/mol. The van der Waals surface area contributed by atoms with Crippen LogP contribution in [0.1, 0.15) is 42.5 Å². The molecular formula is C14H17F2NO. The number of Topliss-reactive ketones (excluding diaryl/α,β-unsaturated/α-hetero) is 1. The molecule has 0 heterocycles. The molecule has 1 aliphatic carbocycles. The lowest BCUT2D eigenvalue weighted by Gasteiger charge is -2.34. The summed E-state index contributed by atoms with van der Waals surface area (Å²) in [5.41, 5.74) is 4.86. The second-order valence-electron chi connectivity index (χ2n) is 4.98. The molecule has 0 saturated heterocycles. The summed E-state index contributed by atoms with van der Waals surface area (Å²) in [5.74, 6) is -2.38. The summed E-state index contributed by atoms with van der Waals surface area (Å²) in [6.07, 6.45) is 4.23. The first-order valence-corrected chi connectivity index (χ1v) is 6.30. The van der Waals surface area contributed by atoms with Gasteiger partial charge in [0.2, 0.25) is 0 Å². The maximum atomic E-state index is 13.7. The van der Waals surface area contributed by atoms with Gasteiger partial charge in [-0.2, -0.15) is 0 Å². The fourth-order valence-electron chi connectivity index (χ4n) is 2.72. The van der Waals surface area contributed by atoms with Crippen molar-refractivity contribution in [2.24, 2.45) is 11.1 Å². The maximum Gasteiger partial charge on any atom is 0.173 e. The molecule has 0 unspecified atom stereocenters. The minimum atomic E-state index is -1.05. The molecule has 0 amide bonds. The summed E-state index contributed by atoms with van der Waals surface area (Å²) in [6, 6.07) is 3.72. The van der Waals surface area contributed by atoms with E-state index in [4.69, 9.17) is 5.73 Å². The molecule has 0 spiro atoms. The number of ketones is 1. The largest absolute Gasteiger partial charge is 0.329 e. The molecule has 2 nitrogen and oxygen atoms in total. The van der Waals surface area contributed by atoms with Crippen molar-refractivity contribution in [1.82, 2.24) is 0 Å². The van der Waals surface area contributed by atoms with E-state index >= 15 is 0 Å². The molecule has 1 saturated carbocycles. The number of nitrogens with two attached hydrogens (primary N) is 1. The first kappa shape index (κ1) is 13.1. The van der Waals surface area contributed by atoms with Gasteiger partial charge >= 0.3 is 0 Å². The quantitative estimate of drug-likeness (QED) is 0.841. The maximum absolute atomic E-state index is 13.7. The molecule has 0 atom stereocenters. The van der Waals surface area contributed by atoms with Crippen LogP contribution >= 0.6 is 0 Å². The zero-order valence-corrected chi connectivity index (χ0v) is 10.2. The SMILES string of the molecule is NCC1(C(=O)c2cccc(F)c2F)CCCCC1. The molecular weight excluding hydrogens is 236 g/mol. The van der Waals surface area contributed by atoms with E-state index < -0.39 is 17.0 Å². The average Bonchev–Trinajstić information content (AvgIpc) is 2.42. The normalized spacial score (nSPS) is 18.6. The number of carbonyl (C=O) groups is 1. The van der Waals surface area contributed by atoms with Crippen LogP contribution in [0.2, 0.25) is 0 Å². The molecule has 4 heteroatoms. The van der Waals surface area contributed by atoms with Crippen LogP contribution in [0.5, 0.6) is 0 Å². The summed E-state index contributed by atoms with van der Waals surface area (Å²) in [4.78, 5) is 12.4. The predicted octanol–water partition coefficient (Wildman–Crippen LogP) is 3.06. The van der Waals surface area contributed by atoms with Crippen LogP contribution in [-0.4, -0.2) is 12.3 Å². The zero-order valence-electron chi connectivity index (χ0n) is 10.2. The van der Waals surface area contributed by atoms with E-state index in [9.17, 15) is 13.6 Å². The Balaban J connectivity index is 2.37. The summed E-state index contributed by atoms with van der Waals surface area (Å²) in [5, 5.41) is 0. The number of benzene rings is 1. The Hall–Kier alpha value is -1.29. The topological polar surface area (TPSA) is 43.1 Å². The van der Waals surface area contributed by atoms with Gasteiger partial charge in [-0.25, -0.2) is 8.78 Å². The van der Waals surface area contributed by atoms with Crippen LogP contribution in [0.25, 0.3) is 0 Å². The monoisotopic (exact) mass is 253 g/mol. The van der Waals surface area contributed by atoms with E-state index in [2.05, 4.69) is 0 Å². The van der Waals surface area contributed by atoms with Gasteiger partial charge in [0.05, 0.1) is 5.56 Å². The highest BCUT2D eigenvalue weighted by Crippen LogP contribution is 2.38. The van der Waals surface area contributed by atoms with E-state index in [0.717, 1.165) is 25.3 Å². The molecule has 1 aliphatic rings. The van der Waals surface area contributed by atoms with Crippen molar-refractivity contribution in [2.45, 2.75) is 32.1 Å². The molecule has 2 N–H and O–H groups in total. The highest BCUT2D eigenvalue weighted by molar-refractivity contribution is 6.01. The number of hydrogen-bond acceptors (Lipinski definition) is 2. The number of carbonyl (C=O) groups excluding carboxylic acids is 1. The Bertz CT molecular complexity index is 453. The molecule has 0 bridgehead atoms. The van der Waals surface area contributed by atoms with Crippen molar-refractivity contribution in [3.63, 3.8) is 0 Å². The summed E-state index contributed by atoms with van der Waals surface area (Å²) in [7, 11) is 0. The van der Waals surface area contributed by atoms with Crippen molar-refractivity contribution in [3.05, 3.63) is 35.4 Å². The van der Waals surface area contributed by atoms with Crippen molar-refractivity contribution in [3.8, 4) is 0 Å². The molecule has 2 rings (SSSR count). The van der Waals surface area contributed by atoms with Crippen LogP contribution in [0.3, 0.4) is 0 Å². The van der Waals surface area contributed by atoms with Gasteiger partial charge < -0.3 is 5.73 Å². The van der Waals surface area contributed by atoms with E-state index in [1.807, 2.05) is 0 Å². The second kappa shape index (κ2) is 5.14. The first-order chi connectivity index (χ1) is 8.60. The molecule has 0 radical (unpaired) electrons. The van der Waals surface area contributed by atoms with Crippen LogP contribution in [0.15, 0.2) is 18.2 Å². The molecule has 98 valence electrons. The van der Waals surface area contributed by atoms with Crippen molar-refractivity contribution in [1.29, 1.82) is 0 Å². The van der Waals surface area contributed by atoms with Crippen LogP contribution in [0, 0.1) is 17.0 Å². The van der Waals surface area contributed by atoms with Gasteiger partial charge in [0, 0.05) is 12.0 Å². The molecule has 0 aromatic heterocycles. The third kappa shape index (κ3) is 2.17. The Morgan fingerprint density at radius 1 is 1.22 bits per heavy atom. The van der Waals surface area contributed by atoms with Gasteiger partial charge in [0.1, 0.15) is 0 Å². The van der Waals surface area contributed by atoms with Gasteiger partial charge in [-0.1, -0.05) is 25.3 Å². The Morgan fingerprint density at radius 3 is 2.50 bits per heavy atom. The molecule has 1 aromatic rings. The smallest absolute Gasteiger partial charge is 0.173 e. The third-order valence-electron chi connectivity index (χ3n) is 3.88. The number of hydrogen-bond donors (Lipinski definition) is 1. The highest BCUT2D eigenvalue weighted by Gasteiger charge is 2.39. The van der Waals surface area contributed by atoms with Gasteiger partial charge in [0.25, 0.3) is 0 Å². The van der Waals surface area contributed by atoms with E-state index in [0.29, 0.717) is 12.8 Å². The van der Waals surface area contributed by atoms with Gasteiger partial charge in [-0.3, -0.25) is 4.79 Å². The Morgan fingerprint density at radius 2 is 1.89 bits per heavy atom. The van der Waals surface area contributed by atoms with Crippen LogP contribution < -0.4 is 5.73 Å². The third-order valence-corrected chi connectivity index (χ3v) is 3.88. The Labute approximate surface area is 105 Å². The fraction of sp³-hybridized carbons (Fsp3) is 0.500. The number of halogens is 2. The van der Waals surface area contributed by atoms with Gasteiger partial charge in [-0.05, 0) is 25.0 Å². The van der Waals surface area contributed by atoms with Crippen LogP contribution in [-0.2, 0) is 0 Å². The minimum absolute atomic E-state index is 0.164. The summed E-state index contributed by atoms with van der Waals surface area (Å²) >= 11 is 0. The minimum Gasteiger partial charge on any atom is -0.329 e. The van der Waals surface area contributed by atoms with Crippen molar-refractivity contribution in [2.75, 3.05) is 6.54 Å². The van der Waals surface area contributed by atoms with Crippen molar-refractivity contribution >= 4 is 5.78 Å². The Kier molecular flexibility index (Phi) is 3.76. The molecule has 1 aromatic carbocycles. The lowest BCUT2D eigenvalue weighted by atomic mass is 9.69. The van der Waals surface area contributed by atoms with Gasteiger partial charge in [-0.15, -0.1) is 0 Å². The predicted molar refractivity (Wildman–Crippen MR) is 65.3 cm³/mol. The molecule has 0 aliphatic heterocycles. The molecule has 1 fully saturated rings. The second-order valence-corrected chi connectivity index (χ2v) is 4.98. The van der Waals surface area contributed by atoms with Gasteiger partial charge in [0.15, 0.2) is 17.4 Å². The standard InChI is InChI=1S/C14H17F2NO/c15-11-6-4-5-10(12(11)16)13(18)14(9-17)7-2-1-3-8-14/h4-6H,1-3,7-9,17H2. The number of rotatable bonds is 3. The fourth-order valence-corrected chi connectivity index (χ4v) is 2.72. The lowest BCUT2D eigenvalue weighted by Crippen LogP contribution is -2.40. The van der Waals surface area contributed by atoms with E-state index in [1.165, 1.54) is 12.1 Å².